The van der Waals surface area contributed by atoms with E-state index in [-0.39, 0.29) is 88.7 Å². The van der Waals surface area contributed by atoms with Crippen molar-refractivity contribution in [3.63, 3.8) is 0 Å². The maximum absolute atomic E-state index is 13.1. The van der Waals surface area contributed by atoms with Crippen LogP contribution in [0.2, 0.25) is 0 Å². The third kappa shape index (κ3) is 8.88. The van der Waals surface area contributed by atoms with Crippen LogP contribution in [-0.2, 0) is 0 Å². The molecule has 20 heteroatoms. The van der Waals surface area contributed by atoms with E-state index in [0.29, 0.717) is 43.1 Å². The first-order valence-electron chi connectivity index (χ1n) is 26.7. The van der Waals surface area contributed by atoms with E-state index in [1.165, 1.54) is 48.5 Å². The van der Waals surface area contributed by atoms with Gasteiger partial charge in [-0.3, -0.25) is 0 Å². The molecule has 88 heavy (non-hydrogen) atoms. The Kier molecular flexibility index (Phi) is 12.7. The molecule has 8 aromatic carbocycles. The number of aromatic amines is 4. The van der Waals surface area contributed by atoms with E-state index >= 15 is 0 Å². The number of aromatic nitrogens is 4. The molecule has 0 saturated heterocycles. The van der Waals surface area contributed by atoms with Crippen molar-refractivity contribution in [2.75, 3.05) is 0 Å². The molecule has 8 bridgehead atoms. The average Bonchev–Trinajstić information content (AvgIpc) is 1.59. The summed E-state index contributed by atoms with van der Waals surface area (Å²) < 4.78 is 0. The number of hydrogen-bond acceptors (Lipinski definition) is 8. The molecular formula is C68H40N4O16. The first-order valence-corrected chi connectivity index (χ1v) is 26.7. The van der Waals surface area contributed by atoms with Crippen LogP contribution in [0.4, 0.5) is 0 Å². The molecule has 4 aromatic heterocycles. The van der Waals surface area contributed by atoms with E-state index in [1.54, 1.807) is 97.1 Å². The second-order valence-corrected chi connectivity index (χ2v) is 20.8. The summed E-state index contributed by atoms with van der Waals surface area (Å²) in [5.74, 6) is -11.8. The third-order valence-corrected chi connectivity index (χ3v) is 15.7. The Morgan fingerprint density at radius 1 is 0.216 bits per heavy atom. The number of hydrogen-bond donors (Lipinski definition) is 12. The van der Waals surface area contributed by atoms with E-state index < -0.39 is 92.3 Å². The van der Waals surface area contributed by atoms with Gasteiger partial charge in [-0.25, -0.2) is 38.4 Å². The summed E-state index contributed by atoms with van der Waals surface area (Å²) in [4.78, 5) is 119. The molecule has 0 amide bonds. The fraction of sp³-hybridized carbons (Fsp3) is 0. The number of carbonyl (C=O) groups is 8. The van der Waals surface area contributed by atoms with Crippen LogP contribution in [0.3, 0.4) is 0 Å². The van der Waals surface area contributed by atoms with Gasteiger partial charge in [-0.1, -0.05) is 97.1 Å². The second kappa shape index (κ2) is 20.5. The number of aromatic carboxylic acids is 8. The summed E-state index contributed by atoms with van der Waals surface area (Å²) in [7, 11) is 0. The van der Waals surface area contributed by atoms with Crippen molar-refractivity contribution in [3.8, 4) is 0 Å². The maximum atomic E-state index is 13.1. The minimum atomic E-state index is -1.48. The molecule has 12 N–H and O–H groups in total. The SMILES string of the molecule is O=C(O)c1cc(C(=O)O)cc(C2=c3[nH]c(c4ccccc34)=C(c3cc(C(=O)O)cc(C(=O)O)c3)c3[nH]c(c4ccccc34)C(c3cc(C(=O)O)cc(C(=O)O)c3)=c3[nH]c(c4ccccc34)=C(c3cc(C(=O)O)cc(C(=O)O)c3)c3[nH]c2c2ccccc32)c1. The van der Waals surface area contributed by atoms with E-state index in [9.17, 15) is 79.2 Å². The smallest absolute Gasteiger partial charge is 0.335 e. The van der Waals surface area contributed by atoms with Gasteiger partial charge in [0.05, 0.1) is 88.7 Å². The highest BCUT2D eigenvalue weighted by molar-refractivity contribution is 6.11. The molecule has 1 aliphatic carbocycles. The predicted octanol–water partition coefficient (Wildman–Crippen LogP) is 8.50. The quantitative estimate of drug-likeness (QED) is 0.0545. The third-order valence-electron chi connectivity index (χ3n) is 15.7. The van der Waals surface area contributed by atoms with Crippen LogP contribution in [0, 0.1) is 0 Å². The van der Waals surface area contributed by atoms with Gasteiger partial charge >= 0.3 is 47.8 Å². The number of carboxylic acids is 8. The van der Waals surface area contributed by atoms with Gasteiger partial charge in [0.25, 0.3) is 0 Å². The minimum absolute atomic E-state index is 0.0319. The van der Waals surface area contributed by atoms with Crippen molar-refractivity contribution in [1.82, 2.24) is 19.9 Å². The lowest BCUT2D eigenvalue weighted by molar-refractivity contribution is 0.0676. The first kappa shape index (κ1) is 54.4. The van der Waals surface area contributed by atoms with Crippen molar-refractivity contribution < 1.29 is 79.2 Å². The topological polar surface area (TPSA) is 362 Å². The number of carboxylic acid groups (broad SMARTS) is 8. The summed E-state index contributed by atoms with van der Waals surface area (Å²) >= 11 is 0. The van der Waals surface area contributed by atoms with Gasteiger partial charge in [-0.2, -0.15) is 0 Å². The molecule has 13 rings (SSSR count). The summed E-state index contributed by atoms with van der Waals surface area (Å²) in [6.45, 7) is 0. The maximum Gasteiger partial charge on any atom is 0.335 e. The fourth-order valence-corrected chi connectivity index (χ4v) is 12.0. The van der Waals surface area contributed by atoms with Gasteiger partial charge in [0, 0.05) is 65.4 Å². The molecule has 20 nitrogen and oxygen atoms in total. The Hall–Kier alpha value is -12.8. The van der Waals surface area contributed by atoms with Gasteiger partial charge in [0.1, 0.15) is 0 Å². The van der Waals surface area contributed by atoms with Crippen LogP contribution in [0.5, 0.6) is 0 Å². The fourth-order valence-electron chi connectivity index (χ4n) is 12.0. The van der Waals surface area contributed by atoms with E-state index in [0.717, 1.165) is 24.3 Å². The summed E-state index contributed by atoms with van der Waals surface area (Å²) in [5, 5.41) is 89.3. The van der Waals surface area contributed by atoms with Gasteiger partial charge in [-0.05, 0) is 95.1 Å². The molecule has 0 radical (unpaired) electrons. The Morgan fingerprint density at radius 3 is 0.534 bits per heavy atom. The first-order chi connectivity index (χ1) is 42.2. The highest BCUT2D eigenvalue weighted by Gasteiger charge is 2.30. The molecule has 0 atom stereocenters. The van der Waals surface area contributed by atoms with Gasteiger partial charge in [0.15, 0.2) is 0 Å². The van der Waals surface area contributed by atoms with Crippen molar-refractivity contribution in [3.05, 3.63) is 281 Å². The number of H-pyrrole nitrogens is 4. The van der Waals surface area contributed by atoms with Gasteiger partial charge in [-0.15, -0.1) is 0 Å². The molecule has 4 heterocycles. The van der Waals surface area contributed by atoms with Crippen LogP contribution in [-0.4, -0.2) is 109 Å². The van der Waals surface area contributed by atoms with Crippen LogP contribution in [0.25, 0.3) is 65.4 Å². The molecule has 0 aliphatic heterocycles. The molecule has 0 saturated carbocycles. The standard InChI is InChI=1S/C68H40N4O16/c73-61(74)33-17-29(18-34(25-33)62(75)76)49-53-41-9-1-2-10-42(41)54(69-53)50(30-19-35(63(77)78)26-36(20-30)64(79)80)56-45-13-5-6-14-46(45)58(71-56)52(32-23-39(67(85)86)28-40(24-32)68(87)88)60-48-16-8-7-15-47(48)59(72-60)51(57-44-12-4-3-11-43(44)55(49)70-57)31-21-37(65(81)82)27-38(22-31)66(83)84/h1-28,69-72H,(H,73,74)(H,75,76)(H,77,78)(H,79,80)(H,81,82)(H,83,84)(H,85,86)(H,87,88). The van der Waals surface area contributed by atoms with Crippen LogP contribution >= 0.6 is 0 Å². The molecular weight excluding hydrogens is 1130 g/mol. The zero-order valence-corrected chi connectivity index (χ0v) is 45.0. The summed E-state index contributed by atoms with van der Waals surface area (Å²) in [6, 6.07) is 41.8. The number of rotatable bonds is 12. The Bertz CT molecular complexity index is 4710. The lowest BCUT2D eigenvalue weighted by Gasteiger charge is -2.13. The lowest BCUT2D eigenvalue weighted by Crippen LogP contribution is -2.20. The highest BCUT2D eigenvalue weighted by atomic mass is 16.4. The van der Waals surface area contributed by atoms with Crippen LogP contribution in [0.15, 0.2) is 170 Å². The summed E-state index contributed by atoms with van der Waals surface area (Å²) in [5.41, 5.74) is -1.88. The van der Waals surface area contributed by atoms with Crippen LogP contribution in [0.1, 0.15) is 128 Å². The molecule has 428 valence electrons. The zero-order chi connectivity index (χ0) is 61.7. The molecule has 0 fully saturated rings. The van der Waals surface area contributed by atoms with Crippen molar-refractivity contribution in [1.29, 1.82) is 0 Å². The minimum Gasteiger partial charge on any atom is -0.478 e. The average molecular weight is 1170 g/mol. The second-order valence-electron chi connectivity index (χ2n) is 20.8. The largest absolute Gasteiger partial charge is 0.478 e. The van der Waals surface area contributed by atoms with E-state index in [4.69, 9.17) is 0 Å². The summed E-state index contributed by atoms with van der Waals surface area (Å²) in [6.07, 6.45) is 0. The van der Waals surface area contributed by atoms with Crippen LogP contribution < -0.4 is 21.4 Å². The van der Waals surface area contributed by atoms with Gasteiger partial charge < -0.3 is 60.8 Å². The highest BCUT2D eigenvalue weighted by Crippen LogP contribution is 2.40. The molecule has 1 aliphatic rings. The lowest BCUT2D eigenvalue weighted by atomic mass is 9.93. The Morgan fingerprint density at radius 2 is 0.375 bits per heavy atom. The Labute approximate surface area is 491 Å². The normalized spacial score (nSPS) is 12.3. The number of benzene rings is 8. The predicted molar refractivity (Wildman–Crippen MR) is 320 cm³/mol. The van der Waals surface area contributed by atoms with Crippen molar-refractivity contribution in [2.45, 2.75) is 0 Å². The monoisotopic (exact) mass is 1170 g/mol. The molecule has 0 unspecified atom stereocenters. The zero-order valence-electron chi connectivity index (χ0n) is 45.0. The van der Waals surface area contributed by atoms with E-state index in [1.807, 2.05) is 0 Å². The molecule has 12 aromatic rings. The van der Waals surface area contributed by atoms with Crippen molar-refractivity contribution in [2.24, 2.45) is 0 Å². The van der Waals surface area contributed by atoms with Gasteiger partial charge in [0.2, 0.25) is 0 Å². The number of nitrogens with one attached hydrogen (secondary N) is 4. The van der Waals surface area contributed by atoms with E-state index in [2.05, 4.69) is 19.9 Å². The van der Waals surface area contributed by atoms with Crippen molar-refractivity contribution >= 4 is 113 Å². The molecule has 0 spiro atoms. The Balaban J connectivity index is 1.40.